The Morgan fingerprint density at radius 2 is 1.90 bits per heavy atom. The van der Waals surface area contributed by atoms with E-state index >= 15 is 0 Å². The van der Waals surface area contributed by atoms with Crippen LogP contribution >= 0.6 is 0 Å². The number of hydrogen-bond acceptors (Lipinski definition) is 3. The second-order valence-corrected chi connectivity index (χ2v) is 6.34. The van der Waals surface area contributed by atoms with Crippen molar-refractivity contribution in [2.45, 2.75) is 66.0 Å². The van der Waals surface area contributed by atoms with E-state index in [4.69, 9.17) is 0 Å². The van der Waals surface area contributed by atoms with Crippen molar-refractivity contribution in [3.63, 3.8) is 0 Å². The lowest BCUT2D eigenvalue weighted by Gasteiger charge is -2.32. The molecule has 4 heteroatoms. The van der Waals surface area contributed by atoms with Crippen LogP contribution in [-0.4, -0.2) is 40.4 Å². The van der Waals surface area contributed by atoms with Crippen molar-refractivity contribution in [1.29, 1.82) is 0 Å². The van der Waals surface area contributed by atoms with E-state index in [0.717, 1.165) is 5.69 Å². The Kier molecular flexibility index (Phi) is 5.08. The zero-order chi connectivity index (χ0) is 14.7. The van der Waals surface area contributed by atoms with Crippen LogP contribution < -0.4 is 5.32 Å². The van der Waals surface area contributed by atoms with Gasteiger partial charge in [0.2, 0.25) is 0 Å². The second kappa shape index (κ2) is 6.61. The van der Waals surface area contributed by atoms with Gasteiger partial charge in [-0.1, -0.05) is 6.92 Å². The van der Waals surface area contributed by atoms with E-state index < -0.39 is 0 Å². The number of aromatic nitrogens is 2. The van der Waals surface area contributed by atoms with Gasteiger partial charge < -0.3 is 10.2 Å². The highest BCUT2D eigenvalue weighted by Gasteiger charge is 2.21. The summed E-state index contributed by atoms with van der Waals surface area (Å²) < 4.78 is 2.13. The number of anilines is 1. The topological polar surface area (TPSA) is 33.1 Å². The maximum absolute atomic E-state index is 4.66. The largest absolute Gasteiger partial charge is 0.379 e. The van der Waals surface area contributed by atoms with Gasteiger partial charge in [-0.25, -0.2) is 0 Å². The summed E-state index contributed by atoms with van der Waals surface area (Å²) in [5.41, 5.74) is 3.66. The quantitative estimate of drug-likeness (QED) is 0.896. The fraction of sp³-hybridized carbons (Fsp3) is 0.812. The molecule has 0 aromatic carbocycles. The molecular formula is C16H30N4. The molecule has 0 saturated carbocycles. The molecule has 2 heterocycles. The first-order valence-electron chi connectivity index (χ1n) is 8.07. The molecule has 4 nitrogen and oxygen atoms in total. The predicted molar refractivity (Wildman–Crippen MR) is 85.5 cm³/mol. The highest BCUT2D eigenvalue weighted by molar-refractivity contribution is 5.53. The smallest absolute Gasteiger partial charge is 0.0828 e. The van der Waals surface area contributed by atoms with Crippen LogP contribution in [-0.2, 0) is 0 Å². The fourth-order valence-corrected chi connectivity index (χ4v) is 3.20. The van der Waals surface area contributed by atoms with E-state index in [1.165, 1.54) is 50.3 Å². The van der Waals surface area contributed by atoms with Crippen molar-refractivity contribution in [2.75, 3.05) is 25.0 Å². The van der Waals surface area contributed by atoms with Gasteiger partial charge in [0.1, 0.15) is 0 Å². The van der Waals surface area contributed by atoms with Crippen LogP contribution in [0.15, 0.2) is 0 Å². The number of aryl methyl sites for hydroxylation is 1. The summed E-state index contributed by atoms with van der Waals surface area (Å²) in [6, 6.07) is 1.03. The zero-order valence-corrected chi connectivity index (χ0v) is 13.7. The maximum atomic E-state index is 4.66. The summed E-state index contributed by atoms with van der Waals surface area (Å²) in [4.78, 5) is 2.58. The third kappa shape index (κ3) is 3.35. The van der Waals surface area contributed by atoms with E-state index in [1.807, 2.05) is 0 Å². The molecule has 1 aromatic heterocycles. The van der Waals surface area contributed by atoms with Crippen molar-refractivity contribution in [1.82, 2.24) is 14.7 Å². The van der Waals surface area contributed by atoms with Crippen LogP contribution in [0.1, 0.15) is 57.5 Å². The Bertz CT molecular complexity index is 428. The highest BCUT2D eigenvalue weighted by Crippen LogP contribution is 2.25. The third-order valence-electron chi connectivity index (χ3n) is 4.29. The maximum Gasteiger partial charge on any atom is 0.0828 e. The Labute approximate surface area is 123 Å². The summed E-state index contributed by atoms with van der Waals surface area (Å²) in [6.07, 6.45) is 3.74. The van der Waals surface area contributed by atoms with E-state index in [1.54, 1.807) is 0 Å². The van der Waals surface area contributed by atoms with Crippen LogP contribution in [0.5, 0.6) is 0 Å². The summed E-state index contributed by atoms with van der Waals surface area (Å²) in [6.45, 7) is 14.6. The molecule has 1 N–H and O–H groups in total. The van der Waals surface area contributed by atoms with Gasteiger partial charge in [-0.05, 0) is 53.5 Å². The summed E-state index contributed by atoms with van der Waals surface area (Å²) >= 11 is 0. The summed E-state index contributed by atoms with van der Waals surface area (Å²) in [5, 5.41) is 8.41. The Morgan fingerprint density at radius 1 is 1.25 bits per heavy atom. The van der Waals surface area contributed by atoms with Gasteiger partial charge in [0, 0.05) is 25.2 Å². The molecule has 1 saturated heterocycles. The van der Waals surface area contributed by atoms with Crippen LogP contribution in [0.4, 0.5) is 5.69 Å². The van der Waals surface area contributed by atoms with Crippen molar-refractivity contribution < 1.29 is 0 Å². The second-order valence-electron chi connectivity index (χ2n) is 6.34. The Hall–Kier alpha value is -1.03. The number of nitrogens with one attached hydrogen (secondary N) is 1. The minimum Gasteiger partial charge on any atom is -0.379 e. The van der Waals surface area contributed by atoms with E-state index in [2.05, 4.69) is 54.6 Å². The molecule has 20 heavy (non-hydrogen) atoms. The molecule has 0 atom stereocenters. The van der Waals surface area contributed by atoms with Crippen molar-refractivity contribution in [2.24, 2.45) is 0 Å². The molecule has 114 valence electrons. The number of rotatable bonds is 5. The molecule has 0 aliphatic carbocycles. The first-order chi connectivity index (χ1) is 9.52. The van der Waals surface area contributed by atoms with Crippen molar-refractivity contribution in [3.05, 3.63) is 11.4 Å². The SMILES string of the molecule is CCCN1CCC(Nc2c(C)nn(C(C)C)c2C)CC1. The fourth-order valence-electron chi connectivity index (χ4n) is 3.20. The van der Waals surface area contributed by atoms with E-state index in [0.29, 0.717) is 12.1 Å². The molecule has 0 radical (unpaired) electrons. The van der Waals surface area contributed by atoms with Gasteiger partial charge in [0.15, 0.2) is 0 Å². The molecule has 0 unspecified atom stereocenters. The average Bonchev–Trinajstić information content (AvgIpc) is 2.69. The van der Waals surface area contributed by atoms with Gasteiger partial charge in [-0.2, -0.15) is 5.10 Å². The summed E-state index contributed by atoms with van der Waals surface area (Å²) in [5.74, 6) is 0. The number of piperidine rings is 1. The van der Waals surface area contributed by atoms with Gasteiger partial charge in [-0.3, -0.25) is 4.68 Å². The van der Waals surface area contributed by atoms with Crippen molar-refractivity contribution >= 4 is 5.69 Å². The van der Waals surface area contributed by atoms with Crippen LogP contribution in [0.25, 0.3) is 0 Å². The minimum absolute atomic E-state index is 0.427. The highest BCUT2D eigenvalue weighted by atomic mass is 15.3. The van der Waals surface area contributed by atoms with E-state index in [9.17, 15) is 0 Å². The molecule has 0 spiro atoms. The van der Waals surface area contributed by atoms with Crippen LogP contribution in [0.2, 0.25) is 0 Å². The minimum atomic E-state index is 0.427. The van der Waals surface area contributed by atoms with E-state index in [-0.39, 0.29) is 0 Å². The lowest BCUT2D eigenvalue weighted by Crippen LogP contribution is -2.39. The zero-order valence-electron chi connectivity index (χ0n) is 13.7. The molecule has 1 aromatic rings. The predicted octanol–water partition coefficient (Wildman–Crippen LogP) is 3.37. The Balaban J connectivity index is 1.98. The molecule has 1 aliphatic heterocycles. The Morgan fingerprint density at radius 3 is 2.40 bits per heavy atom. The molecular weight excluding hydrogens is 248 g/mol. The average molecular weight is 278 g/mol. The standard InChI is InChI=1S/C16H30N4/c1-6-9-19-10-7-15(8-11-19)17-16-13(4)18-20(12(2)3)14(16)5/h12,15,17H,6-11H2,1-5H3. The summed E-state index contributed by atoms with van der Waals surface area (Å²) in [7, 11) is 0. The van der Waals surface area contributed by atoms with Crippen molar-refractivity contribution in [3.8, 4) is 0 Å². The van der Waals surface area contributed by atoms with Gasteiger partial charge >= 0.3 is 0 Å². The number of hydrogen-bond donors (Lipinski definition) is 1. The van der Waals surface area contributed by atoms with Crippen LogP contribution in [0, 0.1) is 13.8 Å². The third-order valence-corrected chi connectivity index (χ3v) is 4.29. The molecule has 1 aliphatic rings. The lowest BCUT2D eigenvalue weighted by molar-refractivity contribution is 0.219. The number of likely N-dealkylation sites (tertiary alicyclic amines) is 1. The lowest BCUT2D eigenvalue weighted by atomic mass is 10.0. The molecule has 0 amide bonds. The van der Waals surface area contributed by atoms with Crippen LogP contribution in [0.3, 0.4) is 0 Å². The molecule has 0 bridgehead atoms. The normalized spacial score (nSPS) is 17.9. The van der Waals surface area contributed by atoms with Gasteiger partial charge in [0.05, 0.1) is 17.1 Å². The number of nitrogens with zero attached hydrogens (tertiary/aromatic N) is 3. The molecule has 2 rings (SSSR count). The van der Waals surface area contributed by atoms with Gasteiger partial charge in [-0.15, -0.1) is 0 Å². The monoisotopic (exact) mass is 278 g/mol. The first kappa shape index (κ1) is 15.4. The first-order valence-corrected chi connectivity index (χ1v) is 8.07. The molecule has 1 fully saturated rings. The van der Waals surface area contributed by atoms with Gasteiger partial charge in [0.25, 0.3) is 0 Å².